The average Bonchev–Trinajstić information content (AvgIpc) is 2.89. The normalized spacial score (nSPS) is 11.7. The molecule has 0 aromatic heterocycles. The van der Waals surface area contributed by atoms with E-state index < -0.39 is 18.0 Å². The van der Waals surface area contributed by atoms with Gasteiger partial charge in [-0.05, 0) is 32.6 Å². The number of carbonyl (C=O) groups is 3. The molecule has 1 atom stereocenters. The fourth-order valence-corrected chi connectivity index (χ4v) is 4.30. The van der Waals surface area contributed by atoms with Gasteiger partial charge in [-0.1, -0.05) is 83.6 Å². The summed E-state index contributed by atoms with van der Waals surface area (Å²) in [6, 6.07) is -0.817. The quantitative estimate of drug-likeness (QED) is 0.0813. The summed E-state index contributed by atoms with van der Waals surface area (Å²) in [6.45, 7) is 8.35. The number of nitrogens with one attached hydrogen (secondary N) is 2. The van der Waals surface area contributed by atoms with Crippen molar-refractivity contribution in [2.75, 3.05) is 33.0 Å². The summed E-state index contributed by atoms with van der Waals surface area (Å²) >= 11 is 0. The lowest BCUT2D eigenvalue weighted by molar-refractivity contribution is -0.140. The van der Waals surface area contributed by atoms with Gasteiger partial charge < -0.3 is 30.3 Å². The highest BCUT2D eigenvalue weighted by Gasteiger charge is 2.18. The second-order valence-electron chi connectivity index (χ2n) is 10.2. The molecule has 0 bridgehead atoms. The predicted octanol–water partition coefficient (Wildman–Crippen LogP) is 5.82. The zero-order valence-electron chi connectivity index (χ0n) is 24.5. The molecular weight excluding hydrogens is 500 g/mol. The van der Waals surface area contributed by atoms with E-state index in [9.17, 15) is 19.5 Å². The molecular formula is C30H56N2O7. The fraction of sp³-hybridized carbons (Fsp3) is 0.833. The Morgan fingerprint density at radius 3 is 1.67 bits per heavy atom. The molecule has 39 heavy (non-hydrogen) atoms. The van der Waals surface area contributed by atoms with Crippen LogP contribution in [-0.4, -0.2) is 67.1 Å². The van der Waals surface area contributed by atoms with Crippen LogP contribution in [0.25, 0.3) is 0 Å². The minimum absolute atomic E-state index is 0.130. The average molecular weight is 557 g/mol. The fourth-order valence-electron chi connectivity index (χ4n) is 4.30. The lowest BCUT2D eigenvalue weighted by atomic mass is 10.0. The SMILES string of the molecule is C=C(CCCCCCCCCCCCCCCCC(=O)O)N[C@@H](CCC(=O)NCCOCCOCC)C(=O)O. The number of carboxylic acids is 2. The zero-order chi connectivity index (χ0) is 29.0. The van der Waals surface area contributed by atoms with Crippen molar-refractivity contribution in [2.45, 2.75) is 129 Å². The van der Waals surface area contributed by atoms with Gasteiger partial charge in [0.2, 0.25) is 5.91 Å². The molecule has 0 heterocycles. The number of amides is 1. The molecule has 0 aliphatic carbocycles. The first-order chi connectivity index (χ1) is 18.9. The molecule has 228 valence electrons. The smallest absolute Gasteiger partial charge is 0.326 e. The third-order valence-electron chi connectivity index (χ3n) is 6.60. The number of ether oxygens (including phenoxy) is 2. The van der Waals surface area contributed by atoms with Gasteiger partial charge in [0.1, 0.15) is 6.04 Å². The van der Waals surface area contributed by atoms with Crippen LogP contribution in [-0.2, 0) is 23.9 Å². The topological polar surface area (TPSA) is 134 Å². The molecule has 0 fully saturated rings. The van der Waals surface area contributed by atoms with Crippen LogP contribution in [0.2, 0.25) is 0 Å². The maximum Gasteiger partial charge on any atom is 0.326 e. The van der Waals surface area contributed by atoms with E-state index in [2.05, 4.69) is 17.2 Å². The van der Waals surface area contributed by atoms with E-state index in [0.717, 1.165) is 38.5 Å². The van der Waals surface area contributed by atoms with E-state index in [1.54, 1.807) is 0 Å². The molecule has 0 saturated carbocycles. The molecule has 0 aromatic rings. The van der Waals surface area contributed by atoms with E-state index >= 15 is 0 Å². The first-order valence-electron chi connectivity index (χ1n) is 15.2. The molecule has 9 heteroatoms. The molecule has 0 unspecified atom stereocenters. The predicted molar refractivity (Wildman–Crippen MR) is 155 cm³/mol. The minimum atomic E-state index is -0.973. The molecule has 0 aliphatic rings. The van der Waals surface area contributed by atoms with Crippen molar-refractivity contribution in [1.82, 2.24) is 10.6 Å². The molecule has 1 amide bonds. The summed E-state index contributed by atoms with van der Waals surface area (Å²) in [5, 5.41) is 23.8. The van der Waals surface area contributed by atoms with E-state index in [4.69, 9.17) is 14.6 Å². The van der Waals surface area contributed by atoms with Gasteiger partial charge in [-0.3, -0.25) is 9.59 Å². The third-order valence-corrected chi connectivity index (χ3v) is 6.60. The van der Waals surface area contributed by atoms with Gasteiger partial charge in [0.25, 0.3) is 0 Å². The van der Waals surface area contributed by atoms with Gasteiger partial charge in [-0.15, -0.1) is 0 Å². The van der Waals surface area contributed by atoms with E-state index in [0.29, 0.717) is 45.1 Å². The highest BCUT2D eigenvalue weighted by Crippen LogP contribution is 2.14. The molecule has 9 nitrogen and oxygen atoms in total. The van der Waals surface area contributed by atoms with Crippen LogP contribution in [0.3, 0.4) is 0 Å². The van der Waals surface area contributed by atoms with E-state index in [1.165, 1.54) is 57.8 Å². The maximum atomic E-state index is 12.0. The molecule has 0 saturated heterocycles. The highest BCUT2D eigenvalue weighted by molar-refractivity contribution is 5.78. The van der Waals surface area contributed by atoms with E-state index in [-0.39, 0.29) is 18.7 Å². The first-order valence-corrected chi connectivity index (χ1v) is 15.2. The summed E-state index contributed by atoms with van der Waals surface area (Å²) in [4.78, 5) is 34.0. The second kappa shape index (κ2) is 27.4. The molecule has 0 aliphatic heterocycles. The van der Waals surface area contributed by atoms with Crippen LogP contribution < -0.4 is 10.6 Å². The monoisotopic (exact) mass is 556 g/mol. The Bertz CT molecular complexity index is 643. The number of allylic oxidation sites excluding steroid dienone is 1. The van der Waals surface area contributed by atoms with Crippen LogP contribution in [0.5, 0.6) is 0 Å². The van der Waals surface area contributed by atoms with Crippen LogP contribution in [0.4, 0.5) is 0 Å². The van der Waals surface area contributed by atoms with Crippen molar-refractivity contribution in [3.05, 3.63) is 12.3 Å². The maximum absolute atomic E-state index is 12.0. The number of hydrogen-bond acceptors (Lipinski definition) is 6. The van der Waals surface area contributed by atoms with Gasteiger partial charge in [-0.25, -0.2) is 4.79 Å². The van der Waals surface area contributed by atoms with Crippen molar-refractivity contribution >= 4 is 17.8 Å². The summed E-state index contributed by atoms with van der Waals surface area (Å²) in [5.41, 5.74) is 0.715. The number of unbranched alkanes of at least 4 members (excludes halogenated alkanes) is 13. The minimum Gasteiger partial charge on any atom is -0.481 e. The third kappa shape index (κ3) is 27.2. The van der Waals surface area contributed by atoms with Gasteiger partial charge in [0.05, 0.1) is 19.8 Å². The summed E-state index contributed by atoms with van der Waals surface area (Å²) < 4.78 is 10.5. The molecule has 0 spiro atoms. The van der Waals surface area contributed by atoms with E-state index in [1.807, 2.05) is 6.92 Å². The largest absolute Gasteiger partial charge is 0.481 e. The van der Waals surface area contributed by atoms with Gasteiger partial charge >= 0.3 is 11.9 Å². The van der Waals surface area contributed by atoms with Crippen LogP contribution in [0.15, 0.2) is 12.3 Å². The standard InChI is InChI=1S/C30H56N2O7/c1-3-38-24-25-39-23-22-31-28(33)21-20-27(30(36)37)32-26(2)18-16-14-12-10-8-6-4-5-7-9-11-13-15-17-19-29(34)35/h27,32H,2-25H2,1H3,(H,31,33)(H,34,35)(H,36,37)/t27-/m0/s1. The summed E-state index contributed by atoms with van der Waals surface area (Å²) in [5.74, 6) is -1.85. The first kappa shape index (κ1) is 36.9. The number of aliphatic carboxylic acids is 2. The summed E-state index contributed by atoms with van der Waals surface area (Å²) in [6.07, 6.45) is 17.7. The number of carboxylic acid groups (broad SMARTS) is 2. The molecule has 0 radical (unpaired) electrons. The van der Waals surface area contributed by atoms with Crippen LogP contribution >= 0.6 is 0 Å². The van der Waals surface area contributed by atoms with Gasteiger partial charge in [0.15, 0.2) is 0 Å². The Kier molecular flexibility index (Phi) is 25.9. The summed E-state index contributed by atoms with van der Waals surface area (Å²) in [7, 11) is 0. The van der Waals surface area contributed by atoms with Crippen molar-refractivity contribution in [3.63, 3.8) is 0 Å². The molecule has 4 N–H and O–H groups in total. The van der Waals surface area contributed by atoms with Crippen molar-refractivity contribution in [3.8, 4) is 0 Å². The van der Waals surface area contributed by atoms with Crippen molar-refractivity contribution < 1.29 is 34.1 Å². The van der Waals surface area contributed by atoms with Crippen LogP contribution in [0.1, 0.15) is 122 Å². The Labute approximate surface area is 236 Å². The Hall–Kier alpha value is -2.13. The van der Waals surface area contributed by atoms with Crippen LogP contribution in [0, 0.1) is 0 Å². The number of carbonyl (C=O) groups excluding carboxylic acids is 1. The number of rotatable bonds is 30. The zero-order valence-corrected chi connectivity index (χ0v) is 24.5. The van der Waals surface area contributed by atoms with Gasteiger partial charge in [0, 0.05) is 31.7 Å². The second-order valence-corrected chi connectivity index (χ2v) is 10.2. The Morgan fingerprint density at radius 2 is 1.18 bits per heavy atom. The lowest BCUT2D eigenvalue weighted by Crippen LogP contribution is -2.37. The molecule has 0 aromatic carbocycles. The van der Waals surface area contributed by atoms with Crippen molar-refractivity contribution in [1.29, 1.82) is 0 Å². The Balaban J connectivity index is 3.63. The molecule has 0 rings (SSSR count). The highest BCUT2D eigenvalue weighted by atomic mass is 16.5. The van der Waals surface area contributed by atoms with Crippen molar-refractivity contribution in [2.24, 2.45) is 0 Å². The number of hydrogen-bond donors (Lipinski definition) is 4. The van der Waals surface area contributed by atoms with Gasteiger partial charge in [-0.2, -0.15) is 0 Å². The lowest BCUT2D eigenvalue weighted by Gasteiger charge is -2.17. The Morgan fingerprint density at radius 1 is 0.692 bits per heavy atom.